The van der Waals surface area contributed by atoms with Crippen molar-refractivity contribution in [2.45, 2.75) is 58.3 Å². The van der Waals surface area contributed by atoms with Crippen molar-refractivity contribution < 1.29 is 9.22 Å². The van der Waals surface area contributed by atoms with E-state index < -0.39 is 8.32 Å². The molecule has 0 radical (unpaired) electrons. The van der Waals surface area contributed by atoms with Crippen molar-refractivity contribution >= 4 is 47.5 Å². The van der Waals surface area contributed by atoms with Gasteiger partial charge in [-0.3, -0.25) is 9.48 Å². The zero-order valence-corrected chi connectivity index (χ0v) is 28.6. The summed E-state index contributed by atoms with van der Waals surface area (Å²) in [6.45, 7) is 11.2. The number of carbonyl (C=O) groups excluding carboxylic acids is 1. The first-order valence-electron chi connectivity index (χ1n) is 14.8. The predicted octanol–water partition coefficient (Wildman–Crippen LogP) is 6.99. The second-order valence-corrected chi connectivity index (χ2v) is 17.6. The Hall–Kier alpha value is -4.07. The number of hydrogen-bond donors (Lipinski definition) is 1. The summed E-state index contributed by atoms with van der Waals surface area (Å²) in [6.07, 6.45) is 1.54. The van der Waals surface area contributed by atoms with Crippen LogP contribution in [0.2, 0.25) is 10.1 Å². The minimum Gasteiger partial charge on any atom is -0.398 e. The Morgan fingerprint density at radius 1 is 1.04 bits per heavy atom. The van der Waals surface area contributed by atoms with Crippen molar-refractivity contribution in [1.82, 2.24) is 20.1 Å². The van der Waals surface area contributed by atoms with E-state index in [1.54, 1.807) is 22.2 Å². The Bertz CT molecular complexity index is 1770. The molecule has 0 saturated heterocycles. The monoisotopic (exact) mass is 653 g/mol. The first-order valence-corrected chi connectivity index (χ1v) is 18.0. The Kier molecular flexibility index (Phi) is 9.70. The molecule has 3 aromatic carbocycles. The molecule has 230 valence electrons. The molecule has 0 bridgehead atoms. The van der Waals surface area contributed by atoms with E-state index in [9.17, 15) is 4.79 Å². The van der Waals surface area contributed by atoms with Gasteiger partial charge in [0.25, 0.3) is 14.2 Å². The second-order valence-electron chi connectivity index (χ2n) is 12.1. The molecule has 5 aromatic rings. The lowest BCUT2D eigenvalue weighted by atomic mass is 10.1. The number of nitrogens with one attached hydrogen (secondary N) is 1. The molecule has 5 rings (SSSR count). The van der Waals surface area contributed by atoms with E-state index >= 15 is 0 Å². The number of nitrogens with zero attached hydrogens (tertiary/aromatic N) is 4. The van der Waals surface area contributed by atoms with Gasteiger partial charge in [0.2, 0.25) is 0 Å². The summed E-state index contributed by atoms with van der Waals surface area (Å²) in [6, 6.07) is 30.0. The molecule has 2 unspecified atom stereocenters. The number of halogens is 1. The fraction of sp³-hybridized carbons (Fsp3) is 0.257. The molecule has 2 heterocycles. The SMILES string of the molecule is CC(Cn1ccc(-c2ccc(C#N)c(Cl)c2)n1)NC(=O)c1csc(C(C)O[Si](c2ccccc2)(c2ccccc2)C(C)(C)C)n1. The van der Waals surface area contributed by atoms with Crippen LogP contribution in [0.3, 0.4) is 0 Å². The van der Waals surface area contributed by atoms with Crippen molar-refractivity contribution in [3.8, 4) is 17.3 Å². The Morgan fingerprint density at radius 2 is 1.69 bits per heavy atom. The van der Waals surface area contributed by atoms with Gasteiger partial charge in [-0.2, -0.15) is 10.4 Å². The highest BCUT2D eigenvalue weighted by Gasteiger charge is 2.51. The summed E-state index contributed by atoms with van der Waals surface area (Å²) in [4.78, 5) is 18.0. The first-order chi connectivity index (χ1) is 21.5. The molecule has 0 spiro atoms. The fourth-order valence-electron chi connectivity index (χ4n) is 5.59. The molecule has 1 amide bonds. The number of amides is 1. The molecule has 2 aromatic heterocycles. The number of nitriles is 1. The molecule has 1 N–H and O–H groups in total. The van der Waals surface area contributed by atoms with E-state index in [-0.39, 0.29) is 23.1 Å². The van der Waals surface area contributed by atoms with E-state index in [2.05, 4.69) is 85.8 Å². The molecular weight excluding hydrogens is 618 g/mol. The Morgan fingerprint density at radius 3 is 2.27 bits per heavy atom. The highest BCUT2D eigenvalue weighted by atomic mass is 35.5. The average Bonchev–Trinajstić information content (AvgIpc) is 3.71. The maximum absolute atomic E-state index is 13.2. The molecule has 0 aliphatic carbocycles. The van der Waals surface area contributed by atoms with Crippen LogP contribution in [0.25, 0.3) is 11.3 Å². The van der Waals surface area contributed by atoms with Gasteiger partial charge in [-0.1, -0.05) is 99.1 Å². The second kappa shape index (κ2) is 13.5. The predicted molar refractivity (Wildman–Crippen MR) is 184 cm³/mol. The van der Waals surface area contributed by atoms with Crippen LogP contribution in [-0.4, -0.2) is 35.0 Å². The maximum Gasteiger partial charge on any atom is 0.271 e. The summed E-state index contributed by atoms with van der Waals surface area (Å²) in [5.41, 5.74) is 2.34. The number of benzene rings is 3. The topological polar surface area (TPSA) is 92.8 Å². The van der Waals surface area contributed by atoms with Gasteiger partial charge in [0.15, 0.2) is 0 Å². The number of hydrogen-bond acceptors (Lipinski definition) is 6. The molecular formula is C35H36ClN5O2SSi. The maximum atomic E-state index is 13.2. The van der Waals surface area contributed by atoms with Crippen LogP contribution in [0.5, 0.6) is 0 Å². The summed E-state index contributed by atoms with van der Waals surface area (Å²) in [5.74, 6) is -0.242. The minimum absolute atomic E-state index is 0.171. The number of thiazole rings is 1. The third-order valence-electron chi connectivity index (χ3n) is 7.74. The highest BCUT2D eigenvalue weighted by molar-refractivity contribution is 7.10. The van der Waals surface area contributed by atoms with E-state index in [0.29, 0.717) is 22.8 Å². The lowest BCUT2D eigenvalue weighted by molar-refractivity contribution is 0.0931. The van der Waals surface area contributed by atoms with Gasteiger partial charge in [-0.05, 0) is 47.5 Å². The van der Waals surface area contributed by atoms with Gasteiger partial charge in [-0.15, -0.1) is 11.3 Å². The molecule has 0 fully saturated rings. The lowest BCUT2D eigenvalue weighted by Crippen LogP contribution is -2.66. The van der Waals surface area contributed by atoms with Gasteiger partial charge in [-0.25, -0.2) is 4.98 Å². The summed E-state index contributed by atoms with van der Waals surface area (Å²) in [5, 5.41) is 22.0. The van der Waals surface area contributed by atoms with Crippen LogP contribution in [0, 0.1) is 11.3 Å². The molecule has 45 heavy (non-hydrogen) atoms. The van der Waals surface area contributed by atoms with Crippen LogP contribution in [0.4, 0.5) is 0 Å². The van der Waals surface area contributed by atoms with Gasteiger partial charge < -0.3 is 9.74 Å². The normalized spacial score (nSPS) is 13.2. The van der Waals surface area contributed by atoms with Gasteiger partial charge in [0, 0.05) is 23.2 Å². The molecule has 0 aliphatic rings. The lowest BCUT2D eigenvalue weighted by Gasteiger charge is -2.44. The van der Waals surface area contributed by atoms with Crippen LogP contribution in [0.15, 0.2) is 96.5 Å². The number of rotatable bonds is 10. The zero-order valence-electron chi connectivity index (χ0n) is 26.0. The van der Waals surface area contributed by atoms with E-state index in [1.165, 1.54) is 21.7 Å². The van der Waals surface area contributed by atoms with E-state index in [1.807, 2.05) is 44.3 Å². The summed E-state index contributed by atoms with van der Waals surface area (Å²) in [7, 11) is -2.78. The quantitative estimate of drug-likeness (QED) is 0.164. The third kappa shape index (κ3) is 6.95. The van der Waals surface area contributed by atoms with Crippen LogP contribution >= 0.6 is 22.9 Å². The van der Waals surface area contributed by atoms with Crippen molar-refractivity contribution in [2.75, 3.05) is 0 Å². The van der Waals surface area contributed by atoms with Gasteiger partial charge in [0.05, 0.1) is 28.9 Å². The minimum atomic E-state index is -2.78. The van der Waals surface area contributed by atoms with Gasteiger partial charge in [0.1, 0.15) is 16.8 Å². The van der Waals surface area contributed by atoms with Crippen LogP contribution in [0.1, 0.15) is 61.8 Å². The van der Waals surface area contributed by atoms with Crippen molar-refractivity contribution in [3.05, 3.63) is 118 Å². The summed E-state index contributed by atoms with van der Waals surface area (Å²) >= 11 is 7.64. The van der Waals surface area contributed by atoms with Gasteiger partial charge >= 0.3 is 0 Å². The summed E-state index contributed by atoms with van der Waals surface area (Å²) < 4.78 is 8.97. The molecule has 0 saturated carbocycles. The zero-order chi connectivity index (χ0) is 32.2. The van der Waals surface area contributed by atoms with E-state index in [0.717, 1.165) is 16.3 Å². The van der Waals surface area contributed by atoms with Crippen molar-refractivity contribution in [3.63, 3.8) is 0 Å². The number of aromatic nitrogens is 3. The molecule has 2 atom stereocenters. The highest BCUT2D eigenvalue weighted by Crippen LogP contribution is 2.40. The molecule has 0 aliphatic heterocycles. The molecule has 7 nitrogen and oxygen atoms in total. The number of carbonyl (C=O) groups is 1. The smallest absolute Gasteiger partial charge is 0.271 e. The standard InChI is InChI=1S/C35H36ClN5O2SSi/c1-24(22-41-19-18-31(40-41)26-16-17-27(21-37)30(36)20-26)38-33(42)32-23-44-34(39-32)25(2)43-45(35(3,4)5,28-12-8-6-9-13-28)29-14-10-7-11-15-29/h6-20,23-25H,22H2,1-5H3,(H,38,42). The average molecular weight is 654 g/mol. The fourth-order valence-corrected chi connectivity index (χ4v) is 11.3. The largest absolute Gasteiger partial charge is 0.398 e. The van der Waals surface area contributed by atoms with Crippen LogP contribution < -0.4 is 15.7 Å². The first kappa shape index (κ1) is 32.3. The van der Waals surface area contributed by atoms with E-state index in [4.69, 9.17) is 26.3 Å². The van der Waals surface area contributed by atoms with Crippen molar-refractivity contribution in [2.24, 2.45) is 0 Å². The Balaban J connectivity index is 1.29. The third-order valence-corrected chi connectivity index (χ3v) is 14.2. The van der Waals surface area contributed by atoms with Crippen molar-refractivity contribution in [1.29, 1.82) is 5.26 Å². The van der Waals surface area contributed by atoms with Crippen LogP contribution in [-0.2, 0) is 11.0 Å². The molecule has 10 heteroatoms. The Labute approximate surface area is 274 Å².